The fourth-order valence-corrected chi connectivity index (χ4v) is 2.30. The standard InChI is InChI=1S/C13H6Cl2F2N4O/c14-6-1-2-9(21-5-10(15)19-20-21)7(3-6)11-8(16)4-18-13(22)12(11)17/h1-5H,(H,18,22). The quantitative estimate of drug-likeness (QED) is 0.777. The van der Waals surface area contributed by atoms with Crippen LogP contribution in [0.2, 0.25) is 10.2 Å². The van der Waals surface area contributed by atoms with Crippen molar-refractivity contribution in [3.63, 3.8) is 0 Å². The molecule has 3 rings (SSSR count). The average molecular weight is 343 g/mol. The lowest BCUT2D eigenvalue weighted by molar-refractivity contribution is 0.570. The van der Waals surface area contributed by atoms with Crippen LogP contribution in [0.1, 0.15) is 0 Å². The van der Waals surface area contributed by atoms with Crippen molar-refractivity contribution in [2.45, 2.75) is 0 Å². The SMILES string of the molecule is O=c1[nH]cc(F)c(-c2cc(Cl)ccc2-n2cc(Cl)nn2)c1F. The van der Waals surface area contributed by atoms with Gasteiger partial charge in [0.15, 0.2) is 11.0 Å². The van der Waals surface area contributed by atoms with Gasteiger partial charge >= 0.3 is 0 Å². The zero-order chi connectivity index (χ0) is 15.9. The summed E-state index contributed by atoms with van der Waals surface area (Å²) in [7, 11) is 0. The van der Waals surface area contributed by atoms with Crippen LogP contribution < -0.4 is 5.56 Å². The molecule has 0 amide bonds. The van der Waals surface area contributed by atoms with E-state index in [9.17, 15) is 13.6 Å². The number of pyridine rings is 1. The highest BCUT2D eigenvalue weighted by Crippen LogP contribution is 2.32. The first kappa shape index (κ1) is 14.7. The maximum Gasteiger partial charge on any atom is 0.284 e. The Morgan fingerprint density at radius 3 is 2.68 bits per heavy atom. The summed E-state index contributed by atoms with van der Waals surface area (Å²) in [4.78, 5) is 13.4. The van der Waals surface area contributed by atoms with Gasteiger partial charge in [-0.1, -0.05) is 28.4 Å². The minimum atomic E-state index is -1.25. The minimum Gasteiger partial charge on any atom is -0.324 e. The number of nitrogens with zero attached hydrogens (tertiary/aromatic N) is 3. The fourth-order valence-electron chi connectivity index (χ4n) is 2.00. The van der Waals surface area contributed by atoms with Gasteiger partial charge in [0.2, 0.25) is 0 Å². The molecule has 112 valence electrons. The van der Waals surface area contributed by atoms with Crippen molar-refractivity contribution >= 4 is 23.2 Å². The summed E-state index contributed by atoms with van der Waals surface area (Å²) in [6, 6.07) is 4.33. The van der Waals surface area contributed by atoms with Crippen LogP contribution in [0.3, 0.4) is 0 Å². The Hall–Kier alpha value is -2.25. The summed E-state index contributed by atoms with van der Waals surface area (Å²) in [6.07, 6.45) is 2.14. The molecule has 9 heteroatoms. The third-order valence-corrected chi connectivity index (χ3v) is 3.34. The summed E-state index contributed by atoms with van der Waals surface area (Å²) in [5.74, 6) is -2.19. The number of rotatable bonds is 2. The molecule has 22 heavy (non-hydrogen) atoms. The van der Waals surface area contributed by atoms with E-state index in [2.05, 4.69) is 10.3 Å². The van der Waals surface area contributed by atoms with E-state index in [4.69, 9.17) is 23.2 Å². The highest BCUT2D eigenvalue weighted by Gasteiger charge is 2.19. The lowest BCUT2D eigenvalue weighted by atomic mass is 10.0. The molecule has 0 aliphatic heterocycles. The average Bonchev–Trinajstić information content (AvgIpc) is 2.90. The maximum absolute atomic E-state index is 14.1. The Morgan fingerprint density at radius 1 is 1.23 bits per heavy atom. The number of benzene rings is 1. The molecule has 0 spiro atoms. The molecule has 0 unspecified atom stereocenters. The van der Waals surface area contributed by atoms with Crippen LogP contribution in [0.4, 0.5) is 8.78 Å². The second-order valence-electron chi connectivity index (χ2n) is 4.30. The molecule has 0 aliphatic rings. The van der Waals surface area contributed by atoms with Crippen LogP contribution >= 0.6 is 23.2 Å². The highest BCUT2D eigenvalue weighted by atomic mass is 35.5. The van der Waals surface area contributed by atoms with Gasteiger partial charge in [-0.25, -0.2) is 13.5 Å². The molecule has 0 radical (unpaired) electrons. The topological polar surface area (TPSA) is 63.6 Å². The predicted molar refractivity (Wildman–Crippen MR) is 77.4 cm³/mol. The van der Waals surface area contributed by atoms with Gasteiger partial charge in [-0.3, -0.25) is 4.79 Å². The number of H-pyrrole nitrogens is 1. The Morgan fingerprint density at radius 2 is 2.00 bits per heavy atom. The summed E-state index contributed by atoms with van der Waals surface area (Å²) >= 11 is 11.6. The number of aromatic nitrogens is 4. The molecule has 2 aromatic heterocycles. The third-order valence-electron chi connectivity index (χ3n) is 2.93. The zero-order valence-electron chi connectivity index (χ0n) is 10.6. The minimum absolute atomic E-state index is 0.0511. The van der Waals surface area contributed by atoms with Gasteiger partial charge < -0.3 is 4.98 Å². The van der Waals surface area contributed by atoms with Crippen molar-refractivity contribution in [2.75, 3.05) is 0 Å². The molecule has 3 aromatic rings. The first-order valence-electron chi connectivity index (χ1n) is 5.92. The molecule has 0 saturated heterocycles. The van der Waals surface area contributed by atoms with Gasteiger partial charge in [-0.05, 0) is 18.2 Å². The number of aromatic amines is 1. The monoisotopic (exact) mass is 342 g/mol. The van der Waals surface area contributed by atoms with E-state index in [0.29, 0.717) is 0 Å². The van der Waals surface area contributed by atoms with Crippen LogP contribution in [0.25, 0.3) is 16.8 Å². The summed E-state index contributed by atoms with van der Waals surface area (Å²) in [5.41, 5.74) is -1.23. The number of nitrogens with one attached hydrogen (secondary N) is 1. The number of hydrogen-bond acceptors (Lipinski definition) is 3. The molecular formula is C13H6Cl2F2N4O. The Balaban J connectivity index is 2.34. The van der Waals surface area contributed by atoms with Gasteiger partial charge in [0.25, 0.3) is 5.56 Å². The Kier molecular flexibility index (Phi) is 3.67. The fraction of sp³-hybridized carbons (Fsp3) is 0. The molecule has 0 bridgehead atoms. The predicted octanol–water partition coefficient (Wildman–Crippen LogP) is 3.21. The molecule has 0 saturated carbocycles. The first-order valence-corrected chi connectivity index (χ1v) is 6.68. The smallest absolute Gasteiger partial charge is 0.284 e. The summed E-state index contributed by atoms with van der Waals surface area (Å²) < 4.78 is 29.3. The van der Waals surface area contributed by atoms with Gasteiger partial charge in [0.05, 0.1) is 17.4 Å². The largest absolute Gasteiger partial charge is 0.324 e. The molecule has 0 atom stereocenters. The maximum atomic E-state index is 14.1. The molecule has 0 fully saturated rings. The third kappa shape index (κ3) is 2.49. The Labute approximate surface area is 132 Å². The molecule has 5 nitrogen and oxygen atoms in total. The highest BCUT2D eigenvalue weighted by molar-refractivity contribution is 6.31. The van der Waals surface area contributed by atoms with E-state index in [1.54, 1.807) is 0 Å². The second kappa shape index (κ2) is 5.51. The molecule has 2 heterocycles. The first-order chi connectivity index (χ1) is 10.5. The number of halogens is 4. The van der Waals surface area contributed by atoms with E-state index in [1.165, 1.54) is 29.1 Å². The van der Waals surface area contributed by atoms with Gasteiger partial charge in [0.1, 0.15) is 5.82 Å². The Bertz CT molecular complexity index is 923. The van der Waals surface area contributed by atoms with Crippen molar-refractivity contribution in [1.29, 1.82) is 0 Å². The molecular weight excluding hydrogens is 337 g/mol. The van der Waals surface area contributed by atoms with Crippen molar-refractivity contribution in [3.8, 4) is 16.8 Å². The van der Waals surface area contributed by atoms with Gasteiger partial charge in [-0.2, -0.15) is 0 Å². The van der Waals surface area contributed by atoms with Gasteiger partial charge in [-0.15, -0.1) is 5.10 Å². The lowest BCUT2D eigenvalue weighted by Crippen LogP contribution is -2.13. The molecule has 1 aromatic carbocycles. The van der Waals surface area contributed by atoms with E-state index < -0.39 is 22.8 Å². The second-order valence-corrected chi connectivity index (χ2v) is 5.13. The van der Waals surface area contributed by atoms with Crippen molar-refractivity contribution in [1.82, 2.24) is 20.0 Å². The van der Waals surface area contributed by atoms with E-state index in [0.717, 1.165) is 6.20 Å². The van der Waals surface area contributed by atoms with Crippen molar-refractivity contribution in [2.24, 2.45) is 0 Å². The normalized spacial score (nSPS) is 10.9. The van der Waals surface area contributed by atoms with E-state index in [1.807, 2.05) is 4.98 Å². The lowest BCUT2D eigenvalue weighted by Gasteiger charge is -2.11. The molecule has 0 aliphatic carbocycles. The van der Waals surface area contributed by atoms with Crippen LogP contribution in [-0.2, 0) is 0 Å². The number of hydrogen-bond donors (Lipinski definition) is 1. The molecule has 1 N–H and O–H groups in total. The van der Waals surface area contributed by atoms with E-state index in [-0.39, 0.29) is 21.4 Å². The zero-order valence-corrected chi connectivity index (χ0v) is 12.2. The van der Waals surface area contributed by atoms with Crippen LogP contribution in [0.15, 0.2) is 35.4 Å². The van der Waals surface area contributed by atoms with Crippen LogP contribution in [0.5, 0.6) is 0 Å². The van der Waals surface area contributed by atoms with Crippen LogP contribution in [-0.4, -0.2) is 20.0 Å². The van der Waals surface area contributed by atoms with Crippen molar-refractivity contribution in [3.05, 3.63) is 62.8 Å². The van der Waals surface area contributed by atoms with Crippen molar-refractivity contribution < 1.29 is 8.78 Å². The van der Waals surface area contributed by atoms with E-state index >= 15 is 0 Å². The summed E-state index contributed by atoms with van der Waals surface area (Å²) in [6.45, 7) is 0. The van der Waals surface area contributed by atoms with Crippen LogP contribution in [0, 0.1) is 11.6 Å². The van der Waals surface area contributed by atoms with Gasteiger partial charge in [0, 0.05) is 16.8 Å². The summed E-state index contributed by atoms with van der Waals surface area (Å²) in [5, 5.41) is 7.69.